The summed E-state index contributed by atoms with van der Waals surface area (Å²) in [5.74, 6) is 0. The van der Waals surface area contributed by atoms with Gasteiger partial charge in [0.25, 0.3) is 0 Å². The first-order valence-corrected chi connectivity index (χ1v) is 7.94. The molecule has 0 amide bonds. The van der Waals surface area contributed by atoms with Gasteiger partial charge in [0.15, 0.2) is 0 Å². The third kappa shape index (κ3) is 3.41. The fourth-order valence-corrected chi connectivity index (χ4v) is 2.75. The van der Waals surface area contributed by atoms with Gasteiger partial charge in [-0.25, -0.2) is 0 Å². The Kier molecular flexibility index (Phi) is 4.52. The van der Waals surface area contributed by atoms with E-state index < -0.39 is 10.2 Å². The number of hydrogen-bond acceptors (Lipinski definition) is 4. The summed E-state index contributed by atoms with van der Waals surface area (Å²) in [4.78, 5) is 2.23. The highest BCUT2D eigenvalue weighted by Crippen LogP contribution is 2.23. The number of nitrogens with zero attached hydrogens (tertiary/aromatic N) is 2. The van der Waals surface area contributed by atoms with E-state index in [-0.39, 0.29) is 6.10 Å². The van der Waals surface area contributed by atoms with Gasteiger partial charge >= 0.3 is 10.2 Å². The molecule has 112 valence electrons. The van der Waals surface area contributed by atoms with Gasteiger partial charge in [0.1, 0.15) is 0 Å². The van der Waals surface area contributed by atoms with Crippen LogP contribution in [0.5, 0.6) is 0 Å². The first-order chi connectivity index (χ1) is 9.42. The van der Waals surface area contributed by atoms with Crippen LogP contribution in [0.1, 0.15) is 6.42 Å². The lowest BCUT2D eigenvalue weighted by molar-refractivity contribution is 0.121. The Balaban J connectivity index is 2.04. The van der Waals surface area contributed by atoms with Gasteiger partial charge in [0.2, 0.25) is 0 Å². The van der Waals surface area contributed by atoms with Crippen LogP contribution in [0.15, 0.2) is 24.3 Å². The van der Waals surface area contributed by atoms with Gasteiger partial charge in [-0.3, -0.25) is 4.72 Å². The van der Waals surface area contributed by atoms with Gasteiger partial charge in [-0.1, -0.05) is 0 Å². The van der Waals surface area contributed by atoms with Crippen LogP contribution in [0, 0.1) is 0 Å². The van der Waals surface area contributed by atoms with Crippen molar-refractivity contribution in [3.63, 3.8) is 0 Å². The summed E-state index contributed by atoms with van der Waals surface area (Å²) < 4.78 is 32.4. The average Bonchev–Trinajstić information content (AvgIpc) is 2.88. The summed E-state index contributed by atoms with van der Waals surface area (Å²) in [6.45, 7) is 1.83. The molecular formula is C13H21N3O3S. The molecule has 1 fully saturated rings. The minimum Gasteiger partial charge on any atom is -0.380 e. The number of rotatable bonds is 5. The SMILES string of the molecule is CO[C@@H]1CCN(c2ccc(NS(=O)(=O)N(C)C)cc2)C1. The zero-order valence-electron chi connectivity index (χ0n) is 12.0. The number of nitrogens with one attached hydrogen (secondary N) is 1. The number of methoxy groups -OCH3 is 1. The Morgan fingerprint density at radius 2 is 1.95 bits per heavy atom. The fraction of sp³-hybridized carbons (Fsp3) is 0.538. The number of ether oxygens (including phenoxy) is 1. The Labute approximate surface area is 120 Å². The molecule has 0 saturated carbocycles. The zero-order chi connectivity index (χ0) is 14.8. The van der Waals surface area contributed by atoms with E-state index in [0.717, 1.165) is 29.5 Å². The van der Waals surface area contributed by atoms with E-state index in [2.05, 4.69) is 9.62 Å². The summed E-state index contributed by atoms with van der Waals surface area (Å²) in [7, 11) is 1.27. The molecule has 1 aromatic rings. The number of anilines is 2. The van der Waals surface area contributed by atoms with Crippen LogP contribution in [-0.4, -0.2) is 53.1 Å². The van der Waals surface area contributed by atoms with Gasteiger partial charge < -0.3 is 9.64 Å². The van der Waals surface area contributed by atoms with Crippen LogP contribution in [0.25, 0.3) is 0 Å². The van der Waals surface area contributed by atoms with Crippen molar-refractivity contribution < 1.29 is 13.2 Å². The fourth-order valence-electron chi connectivity index (χ4n) is 2.14. The van der Waals surface area contributed by atoms with E-state index in [0.29, 0.717) is 5.69 Å². The molecule has 0 radical (unpaired) electrons. The molecule has 1 saturated heterocycles. The molecule has 7 heteroatoms. The van der Waals surface area contributed by atoms with E-state index in [1.165, 1.54) is 14.1 Å². The summed E-state index contributed by atoms with van der Waals surface area (Å²) >= 11 is 0. The van der Waals surface area contributed by atoms with Gasteiger partial charge in [-0.2, -0.15) is 12.7 Å². The highest BCUT2D eigenvalue weighted by molar-refractivity contribution is 7.90. The Bertz CT molecular complexity index is 542. The second-order valence-corrected chi connectivity index (χ2v) is 6.91. The minimum absolute atomic E-state index is 0.280. The molecule has 20 heavy (non-hydrogen) atoms. The van der Waals surface area contributed by atoms with E-state index in [1.54, 1.807) is 19.2 Å². The monoisotopic (exact) mass is 299 g/mol. The maximum atomic E-state index is 11.7. The Morgan fingerprint density at radius 3 is 2.45 bits per heavy atom. The molecule has 6 nitrogen and oxygen atoms in total. The van der Waals surface area contributed by atoms with Crippen molar-refractivity contribution in [2.75, 3.05) is 43.9 Å². The molecule has 0 spiro atoms. The van der Waals surface area contributed by atoms with E-state index in [9.17, 15) is 8.42 Å². The molecule has 1 aromatic carbocycles. The van der Waals surface area contributed by atoms with Crippen molar-refractivity contribution in [3.05, 3.63) is 24.3 Å². The first kappa shape index (κ1) is 15.1. The van der Waals surface area contributed by atoms with Crippen molar-refractivity contribution in [2.45, 2.75) is 12.5 Å². The summed E-state index contributed by atoms with van der Waals surface area (Å²) in [6, 6.07) is 7.39. The number of hydrogen-bond donors (Lipinski definition) is 1. The quantitative estimate of drug-likeness (QED) is 0.885. The molecule has 1 atom stereocenters. The van der Waals surface area contributed by atoms with Crippen LogP contribution in [0.3, 0.4) is 0 Å². The number of benzene rings is 1. The van der Waals surface area contributed by atoms with Crippen LogP contribution < -0.4 is 9.62 Å². The van der Waals surface area contributed by atoms with Crippen LogP contribution >= 0.6 is 0 Å². The van der Waals surface area contributed by atoms with Crippen LogP contribution in [0.2, 0.25) is 0 Å². The molecule has 2 rings (SSSR count). The largest absolute Gasteiger partial charge is 0.380 e. The maximum Gasteiger partial charge on any atom is 0.301 e. The standard InChI is InChI=1S/C13H21N3O3S/c1-15(2)20(17,18)14-11-4-6-12(7-5-11)16-9-8-13(10-16)19-3/h4-7,13-14H,8-10H2,1-3H3/t13-/m1/s1. The van der Waals surface area contributed by atoms with Crippen molar-refractivity contribution in [1.82, 2.24) is 4.31 Å². The highest BCUT2D eigenvalue weighted by Gasteiger charge is 2.22. The van der Waals surface area contributed by atoms with E-state index >= 15 is 0 Å². The molecular weight excluding hydrogens is 278 g/mol. The summed E-state index contributed by atoms with van der Waals surface area (Å²) in [6.07, 6.45) is 1.30. The van der Waals surface area contributed by atoms with Crippen molar-refractivity contribution in [1.29, 1.82) is 0 Å². The topological polar surface area (TPSA) is 61.9 Å². The molecule has 1 aliphatic heterocycles. The molecule has 1 heterocycles. The third-order valence-electron chi connectivity index (χ3n) is 3.44. The van der Waals surface area contributed by atoms with Crippen LogP contribution in [0.4, 0.5) is 11.4 Å². The smallest absolute Gasteiger partial charge is 0.301 e. The van der Waals surface area contributed by atoms with Crippen LogP contribution in [-0.2, 0) is 14.9 Å². The Hall–Kier alpha value is -1.31. The zero-order valence-corrected chi connectivity index (χ0v) is 12.9. The lowest BCUT2D eigenvalue weighted by atomic mass is 10.2. The van der Waals surface area contributed by atoms with Gasteiger partial charge in [0, 0.05) is 45.7 Å². The predicted molar refractivity (Wildman–Crippen MR) is 80.3 cm³/mol. The van der Waals surface area contributed by atoms with Gasteiger partial charge in [-0.05, 0) is 30.7 Å². The molecule has 0 aromatic heterocycles. The summed E-state index contributed by atoms with van der Waals surface area (Å²) in [5, 5.41) is 0. The third-order valence-corrected chi connectivity index (χ3v) is 4.89. The second-order valence-electron chi connectivity index (χ2n) is 5.03. The van der Waals surface area contributed by atoms with Crippen molar-refractivity contribution >= 4 is 21.6 Å². The van der Waals surface area contributed by atoms with Crippen molar-refractivity contribution in [2.24, 2.45) is 0 Å². The van der Waals surface area contributed by atoms with Crippen molar-refractivity contribution in [3.8, 4) is 0 Å². The molecule has 0 aliphatic carbocycles. The predicted octanol–water partition coefficient (Wildman–Crippen LogP) is 1.13. The average molecular weight is 299 g/mol. The normalized spacial score (nSPS) is 19.6. The minimum atomic E-state index is -3.45. The van der Waals surface area contributed by atoms with Gasteiger partial charge in [-0.15, -0.1) is 0 Å². The van der Waals surface area contributed by atoms with Gasteiger partial charge in [0.05, 0.1) is 6.10 Å². The van der Waals surface area contributed by atoms with E-state index in [4.69, 9.17) is 4.74 Å². The molecule has 1 aliphatic rings. The molecule has 1 N–H and O–H groups in total. The molecule has 0 unspecified atom stereocenters. The first-order valence-electron chi connectivity index (χ1n) is 6.50. The second kappa shape index (κ2) is 5.99. The van der Waals surface area contributed by atoms with E-state index in [1.807, 2.05) is 12.1 Å². The highest BCUT2D eigenvalue weighted by atomic mass is 32.2. The summed E-state index contributed by atoms with van der Waals surface area (Å²) in [5.41, 5.74) is 1.64. The lowest BCUT2D eigenvalue weighted by Crippen LogP contribution is -2.29. The molecule has 0 bridgehead atoms. The maximum absolute atomic E-state index is 11.7. The lowest BCUT2D eigenvalue weighted by Gasteiger charge is -2.19. The Morgan fingerprint density at radius 1 is 1.30 bits per heavy atom.